The van der Waals surface area contributed by atoms with Gasteiger partial charge < -0.3 is 30.4 Å². The third-order valence-corrected chi connectivity index (χ3v) is 6.02. The number of para-hydroxylation sites is 1. The van der Waals surface area contributed by atoms with Crippen LogP contribution in [0.2, 0.25) is 0 Å². The SMILES string of the molecule is COc1ccc(C(Nc2ccc(C(=N)N)c(O)c2)c2nn(-c3ccccc3C(=O)OC(=O)C(F)(F)F)c(=O)[nH]2)cc1OC. The van der Waals surface area contributed by atoms with Gasteiger partial charge in [0.05, 0.1) is 31.0 Å². The zero-order chi connectivity index (χ0) is 31.5. The molecule has 0 saturated carbocycles. The molecule has 0 radical (unpaired) electrons. The highest BCUT2D eigenvalue weighted by Crippen LogP contribution is 2.34. The molecule has 1 aromatic heterocycles. The van der Waals surface area contributed by atoms with Crippen molar-refractivity contribution in [2.45, 2.75) is 12.2 Å². The number of nitrogens with zero attached hydrogens (tertiary/aromatic N) is 2. The summed E-state index contributed by atoms with van der Waals surface area (Å²) in [6.07, 6.45) is -5.42. The maximum atomic E-state index is 13.1. The van der Waals surface area contributed by atoms with Crippen molar-refractivity contribution in [2.24, 2.45) is 5.73 Å². The topological polar surface area (TPSA) is 195 Å². The fourth-order valence-corrected chi connectivity index (χ4v) is 4.02. The summed E-state index contributed by atoms with van der Waals surface area (Å²) in [6.45, 7) is 0. The number of ether oxygens (including phenoxy) is 3. The van der Waals surface area contributed by atoms with Crippen LogP contribution in [0.5, 0.6) is 17.2 Å². The smallest absolute Gasteiger partial charge is 0.491 e. The molecule has 0 bridgehead atoms. The third kappa shape index (κ3) is 6.42. The van der Waals surface area contributed by atoms with Crippen molar-refractivity contribution in [1.29, 1.82) is 5.41 Å². The van der Waals surface area contributed by atoms with Crippen molar-refractivity contribution in [3.05, 3.63) is 93.7 Å². The van der Waals surface area contributed by atoms with Crippen molar-refractivity contribution in [1.82, 2.24) is 14.8 Å². The first-order valence-electron chi connectivity index (χ1n) is 12.1. The fourth-order valence-electron chi connectivity index (χ4n) is 4.02. The molecule has 6 N–H and O–H groups in total. The first-order valence-corrected chi connectivity index (χ1v) is 12.1. The Kier molecular flexibility index (Phi) is 8.40. The molecule has 0 aliphatic heterocycles. The van der Waals surface area contributed by atoms with Gasteiger partial charge in [-0.15, -0.1) is 5.10 Å². The number of anilines is 1. The average molecular weight is 601 g/mol. The van der Waals surface area contributed by atoms with Gasteiger partial charge in [-0.2, -0.15) is 17.9 Å². The number of carbonyl (C=O) groups is 2. The Morgan fingerprint density at radius 2 is 1.74 bits per heavy atom. The number of phenols is 1. The molecule has 0 fully saturated rings. The number of esters is 2. The van der Waals surface area contributed by atoms with E-state index in [0.29, 0.717) is 22.7 Å². The third-order valence-electron chi connectivity index (χ3n) is 6.02. The van der Waals surface area contributed by atoms with E-state index < -0.39 is 35.4 Å². The van der Waals surface area contributed by atoms with E-state index in [-0.39, 0.29) is 28.7 Å². The maximum Gasteiger partial charge on any atom is 0.491 e. The summed E-state index contributed by atoms with van der Waals surface area (Å²) < 4.78 is 53.4. The summed E-state index contributed by atoms with van der Waals surface area (Å²) in [5.41, 5.74) is 4.64. The summed E-state index contributed by atoms with van der Waals surface area (Å²) in [5.74, 6) is -4.36. The highest BCUT2D eigenvalue weighted by molar-refractivity contribution is 6.00. The van der Waals surface area contributed by atoms with E-state index in [9.17, 15) is 32.7 Å². The normalized spacial score (nSPS) is 11.8. The minimum atomic E-state index is -5.42. The van der Waals surface area contributed by atoms with Gasteiger partial charge in [0.25, 0.3) is 0 Å². The molecule has 13 nitrogen and oxygen atoms in total. The lowest BCUT2D eigenvalue weighted by Crippen LogP contribution is -2.29. The zero-order valence-corrected chi connectivity index (χ0v) is 22.4. The number of nitrogen functional groups attached to an aromatic ring is 1. The minimum Gasteiger partial charge on any atom is -0.507 e. The van der Waals surface area contributed by atoms with Crippen molar-refractivity contribution >= 4 is 23.5 Å². The van der Waals surface area contributed by atoms with Crippen molar-refractivity contribution < 1.29 is 42.1 Å². The van der Waals surface area contributed by atoms with Crippen LogP contribution in [-0.2, 0) is 9.53 Å². The van der Waals surface area contributed by atoms with E-state index in [0.717, 1.165) is 10.7 Å². The van der Waals surface area contributed by atoms with Gasteiger partial charge >= 0.3 is 23.8 Å². The van der Waals surface area contributed by atoms with Crippen LogP contribution in [-0.4, -0.2) is 58.0 Å². The highest BCUT2D eigenvalue weighted by Gasteiger charge is 2.43. The molecular formula is C27H23F3N6O7. The van der Waals surface area contributed by atoms with E-state index >= 15 is 0 Å². The lowest BCUT2D eigenvalue weighted by Gasteiger charge is -2.20. The van der Waals surface area contributed by atoms with Gasteiger partial charge in [0.1, 0.15) is 17.6 Å². The van der Waals surface area contributed by atoms with Crippen LogP contribution in [0.25, 0.3) is 5.69 Å². The molecule has 4 rings (SSSR count). The number of alkyl halides is 3. The van der Waals surface area contributed by atoms with Gasteiger partial charge in [-0.25, -0.2) is 14.4 Å². The fraction of sp³-hybridized carbons (Fsp3) is 0.148. The largest absolute Gasteiger partial charge is 0.507 e. The van der Waals surface area contributed by atoms with E-state index in [1.807, 2.05) is 0 Å². The molecule has 0 saturated heterocycles. The summed E-state index contributed by atoms with van der Waals surface area (Å²) in [7, 11) is 2.86. The van der Waals surface area contributed by atoms with Crippen LogP contribution in [0.15, 0.2) is 65.5 Å². The number of phenolic OH excluding ortho intramolecular Hbond substituents is 1. The van der Waals surface area contributed by atoms with Gasteiger partial charge in [-0.1, -0.05) is 18.2 Å². The molecular weight excluding hydrogens is 577 g/mol. The van der Waals surface area contributed by atoms with E-state index in [1.54, 1.807) is 18.2 Å². The molecule has 0 aliphatic carbocycles. The van der Waals surface area contributed by atoms with E-state index in [2.05, 4.69) is 20.1 Å². The predicted octanol–water partition coefficient (Wildman–Crippen LogP) is 3.01. The van der Waals surface area contributed by atoms with Crippen LogP contribution in [0.1, 0.15) is 33.4 Å². The summed E-state index contributed by atoms with van der Waals surface area (Å²) in [6, 6.07) is 13.0. The molecule has 3 aromatic carbocycles. The second-order valence-corrected chi connectivity index (χ2v) is 8.76. The van der Waals surface area contributed by atoms with Gasteiger partial charge in [0.2, 0.25) is 0 Å². The summed E-state index contributed by atoms with van der Waals surface area (Å²) in [4.78, 5) is 39.3. The van der Waals surface area contributed by atoms with Crippen molar-refractivity contribution in [2.75, 3.05) is 19.5 Å². The monoisotopic (exact) mass is 600 g/mol. The minimum absolute atomic E-state index is 0.0399. The predicted molar refractivity (Wildman–Crippen MR) is 145 cm³/mol. The quantitative estimate of drug-likeness (QED) is 0.0825. The average Bonchev–Trinajstić information content (AvgIpc) is 3.35. The lowest BCUT2D eigenvalue weighted by atomic mass is 10.0. The Morgan fingerprint density at radius 3 is 2.37 bits per heavy atom. The molecule has 0 amide bonds. The molecule has 1 heterocycles. The number of aromatic nitrogens is 3. The Balaban J connectivity index is 1.80. The van der Waals surface area contributed by atoms with Crippen LogP contribution >= 0.6 is 0 Å². The van der Waals surface area contributed by atoms with Crippen LogP contribution in [0.4, 0.5) is 18.9 Å². The van der Waals surface area contributed by atoms with Crippen LogP contribution < -0.4 is 26.2 Å². The number of carbonyl (C=O) groups excluding carboxylic acids is 2. The summed E-state index contributed by atoms with van der Waals surface area (Å²) >= 11 is 0. The molecule has 16 heteroatoms. The number of nitrogens with one attached hydrogen (secondary N) is 3. The number of H-pyrrole nitrogens is 1. The van der Waals surface area contributed by atoms with Crippen LogP contribution in [0, 0.1) is 5.41 Å². The Bertz CT molecular complexity index is 1770. The Hall–Kier alpha value is -5.80. The highest BCUT2D eigenvalue weighted by atomic mass is 19.4. The maximum absolute atomic E-state index is 13.1. The number of hydrogen-bond acceptors (Lipinski definition) is 10. The molecule has 1 atom stereocenters. The number of aromatic hydroxyl groups is 1. The molecule has 0 spiro atoms. The molecule has 43 heavy (non-hydrogen) atoms. The number of methoxy groups -OCH3 is 2. The first kappa shape index (κ1) is 30.2. The standard InChI is InChI=1S/C27H23F3N6O7/c1-41-19-10-7-13(11-20(19)42-2)21(33-14-8-9-16(22(31)32)18(37)12-14)23-34-26(40)36(35-23)17-6-4-3-5-15(17)24(38)43-25(39)27(28,29)30/h3-12,21,33,37H,1-2H3,(H3,31,32)(H,34,35,40). The van der Waals surface area contributed by atoms with Gasteiger partial charge in [-0.3, -0.25) is 10.4 Å². The number of rotatable bonds is 9. The van der Waals surface area contributed by atoms with Crippen molar-refractivity contribution in [3.8, 4) is 22.9 Å². The molecule has 1 unspecified atom stereocenters. The number of halogens is 3. The van der Waals surface area contributed by atoms with Gasteiger partial charge in [-0.05, 0) is 42.0 Å². The van der Waals surface area contributed by atoms with Crippen molar-refractivity contribution in [3.63, 3.8) is 0 Å². The number of hydrogen-bond donors (Lipinski definition) is 5. The first-order chi connectivity index (χ1) is 20.3. The molecule has 224 valence electrons. The number of aromatic amines is 1. The van der Waals surface area contributed by atoms with Crippen LogP contribution in [0.3, 0.4) is 0 Å². The van der Waals surface area contributed by atoms with Gasteiger partial charge in [0, 0.05) is 11.8 Å². The Morgan fingerprint density at radius 1 is 1.05 bits per heavy atom. The number of benzene rings is 3. The molecule has 4 aromatic rings. The second-order valence-electron chi connectivity index (χ2n) is 8.76. The zero-order valence-electron chi connectivity index (χ0n) is 22.4. The number of amidine groups is 1. The van der Waals surface area contributed by atoms with Gasteiger partial charge in [0.15, 0.2) is 17.3 Å². The number of nitrogens with two attached hydrogens (primary N) is 1. The lowest BCUT2D eigenvalue weighted by molar-refractivity contribution is -0.193. The molecule has 0 aliphatic rings. The second kappa shape index (κ2) is 12.0. The van der Waals surface area contributed by atoms with E-state index in [4.69, 9.17) is 20.6 Å². The van der Waals surface area contributed by atoms with E-state index in [1.165, 1.54) is 50.6 Å². The summed E-state index contributed by atoms with van der Waals surface area (Å²) in [5, 5.41) is 25.3. The Labute approximate surface area is 240 Å².